The molecule has 0 fully saturated rings. The Morgan fingerprint density at radius 1 is 1.22 bits per heavy atom. The molecule has 2 aromatic rings. The zero-order chi connectivity index (χ0) is 13.1. The second-order valence-corrected chi connectivity index (χ2v) is 4.55. The lowest BCUT2D eigenvalue weighted by molar-refractivity contribution is 0.824. The van der Waals surface area contributed by atoms with Crippen molar-refractivity contribution >= 4 is 5.82 Å². The molecule has 2 aromatic heterocycles. The molecule has 0 radical (unpaired) electrons. The summed E-state index contributed by atoms with van der Waals surface area (Å²) in [6.07, 6.45) is 4.49. The summed E-state index contributed by atoms with van der Waals surface area (Å²) in [5, 5.41) is 0. The van der Waals surface area contributed by atoms with Crippen LogP contribution in [0.5, 0.6) is 0 Å². The average molecular weight is 245 g/mol. The van der Waals surface area contributed by atoms with Crippen LogP contribution in [-0.4, -0.2) is 33.5 Å². The average Bonchev–Trinajstić information content (AvgIpc) is 2.83. The number of rotatable bonds is 4. The van der Waals surface area contributed by atoms with E-state index in [-0.39, 0.29) is 0 Å². The highest BCUT2D eigenvalue weighted by Crippen LogP contribution is 2.18. The molecule has 0 aromatic carbocycles. The Kier molecular flexibility index (Phi) is 3.60. The number of nitrogens with one attached hydrogen (secondary N) is 1. The number of likely N-dealkylation sites (N-methyl/N-ethyl adjacent to an activating group) is 1. The lowest BCUT2D eigenvalue weighted by Crippen LogP contribution is -2.23. The third-order valence-corrected chi connectivity index (χ3v) is 3.11. The molecule has 1 N–H and O–H groups in total. The van der Waals surface area contributed by atoms with E-state index >= 15 is 0 Å². The fourth-order valence-electron chi connectivity index (χ4n) is 1.94. The highest BCUT2D eigenvalue weighted by Gasteiger charge is 2.10. The molecule has 2 rings (SSSR count). The summed E-state index contributed by atoms with van der Waals surface area (Å²) >= 11 is 0. The van der Waals surface area contributed by atoms with Gasteiger partial charge in [0.2, 0.25) is 0 Å². The van der Waals surface area contributed by atoms with Crippen LogP contribution < -0.4 is 4.90 Å². The molecule has 0 amide bonds. The Morgan fingerprint density at radius 3 is 2.67 bits per heavy atom. The first-order chi connectivity index (χ1) is 8.58. The molecule has 0 saturated heterocycles. The molecule has 5 heteroatoms. The van der Waals surface area contributed by atoms with Gasteiger partial charge in [-0.05, 0) is 20.8 Å². The molecule has 18 heavy (non-hydrogen) atoms. The minimum Gasteiger partial charge on any atom is -0.359 e. The Morgan fingerprint density at radius 2 is 2.00 bits per heavy atom. The van der Waals surface area contributed by atoms with Gasteiger partial charge in [-0.1, -0.05) is 0 Å². The number of H-pyrrole nitrogens is 1. The molecular weight excluding hydrogens is 226 g/mol. The number of aryl methyl sites for hydroxylation is 2. The van der Waals surface area contributed by atoms with Crippen molar-refractivity contribution in [3.8, 4) is 0 Å². The van der Waals surface area contributed by atoms with Crippen LogP contribution in [0.4, 0.5) is 5.82 Å². The summed E-state index contributed by atoms with van der Waals surface area (Å²) in [5.74, 6) is 1.83. The van der Waals surface area contributed by atoms with Crippen molar-refractivity contribution in [1.82, 2.24) is 19.9 Å². The number of anilines is 1. The largest absolute Gasteiger partial charge is 0.359 e. The summed E-state index contributed by atoms with van der Waals surface area (Å²) in [5.41, 5.74) is 3.33. The van der Waals surface area contributed by atoms with Gasteiger partial charge in [-0.2, -0.15) is 0 Å². The van der Waals surface area contributed by atoms with Crippen LogP contribution in [0.15, 0.2) is 12.5 Å². The molecule has 0 unspecified atom stereocenters. The molecule has 96 valence electrons. The van der Waals surface area contributed by atoms with Crippen LogP contribution in [0.2, 0.25) is 0 Å². The SMILES string of the molecule is Cc1nc(C)c(C)c(N(C)CCc2cnc[nH]2)n1. The van der Waals surface area contributed by atoms with Crippen LogP contribution in [0, 0.1) is 20.8 Å². The van der Waals surface area contributed by atoms with Gasteiger partial charge in [-0.15, -0.1) is 0 Å². The Bertz CT molecular complexity index is 518. The minimum absolute atomic E-state index is 0.821. The predicted octanol–water partition coefficient (Wildman–Crippen LogP) is 1.80. The third-order valence-electron chi connectivity index (χ3n) is 3.11. The zero-order valence-corrected chi connectivity index (χ0v) is 11.4. The van der Waals surface area contributed by atoms with E-state index in [1.807, 2.05) is 20.0 Å². The topological polar surface area (TPSA) is 57.7 Å². The molecule has 0 saturated carbocycles. The second kappa shape index (κ2) is 5.16. The van der Waals surface area contributed by atoms with Gasteiger partial charge in [0.1, 0.15) is 11.6 Å². The Balaban J connectivity index is 2.11. The Hall–Kier alpha value is -1.91. The number of aromatic nitrogens is 4. The van der Waals surface area contributed by atoms with Crippen LogP contribution in [0.25, 0.3) is 0 Å². The van der Waals surface area contributed by atoms with Gasteiger partial charge in [0, 0.05) is 43.2 Å². The van der Waals surface area contributed by atoms with Crippen molar-refractivity contribution in [3.63, 3.8) is 0 Å². The van der Waals surface area contributed by atoms with Gasteiger partial charge in [0.15, 0.2) is 0 Å². The summed E-state index contributed by atoms with van der Waals surface area (Å²) in [4.78, 5) is 18.2. The van der Waals surface area contributed by atoms with E-state index in [9.17, 15) is 0 Å². The van der Waals surface area contributed by atoms with Crippen LogP contribution >= 0.6 is 0 Å². The number of hydrogen-bond acceptors (Lipinski definition) is 4. The molecule has 0 atom stereocenters. The van der Waals surface area contributed by atoms with E-state index in [1.54, 1.807) is 6.33 Å². The van der Waals surface area contributed by atoms with Gasteiger partial charge < -0.3 is 9.88 Å². The molecular formula is C13H19N5. The molecule has 0 aliphatic carbocycles. The van der Waals surface area contributed by atoms with Crippen molar-refractivity contribution in [3.05, 3.63) is 35.3 Å². The highest BCUT2D eigenvalue weighted by atomic mass is 15.2. The lowest BCUT2D eigenvalue weighted by Gasteiger charge is -2.21. The van der Waals surface area contributed by atoms with Crippen molar-refractivity contribution in [2.24, 2.45) is 0 Å². The van der Waals surface area contributed by atoms with Crippen LogP contribution in [-0.2, 0) is 6.42 Å². The van der Waals surface area contributed by atoms with E-state index < -0.39 is 0 Å². The summed E-state index contributed by atoms with van der Waals surface area (Å²) in [7, 11) is 2.06. The van der Waals surface area contributed by atoms with E-state index in [4.69, 9.17) is 0 Å². The molecule has 2 heterocycles. The van der Waals surface area contributed by atoms with E-state index in [1.165, 1.54) is 0 Å². The minimum atomic E-state index is 0.821. The van der Waals surface area contributed by atoms with Crippen molar-refractivity contribution in [1.29, 1.82) is 0 Å². The maximum absolute atomic E-state index is 4.52. The monoisotopic (exact) mass is 245 g/mol. The number of nitrogens with zero attached hydrogens (tertiary/aromatic N) is 4. The summed E-state index contributed by atoms with van der Waals surface area (Å²) in [6, 6.07) is 0. The van der Waals surface area contributed by atoms with E-state index in [0.29, 0.717) is 0 Å². The zero-order valence-electron chi connectivity index (χ0n) is 11.4. The molecule has 0 bridgehead atoms. The van der Waals surface area contributed by atoms with Crippen LogP contribution in [0.1, 0.15) is 22.8 Å². The normalized spacial score (nSPS) is 10.7. The quantitative estimate of drug-likeness (QED) is 0.892. The van der Waals surface area contributed by atoms with Gasteiger partial charge in [0.05, 0.1) is 6.33 Å². The maximum atomic E-state index is 4.52. The predicted molar refractivity (Wildman–Crippen MR) is 71.8 cm³/mol. The fraction of sp³-hybridized carbons (Fsp3) is 0.462. The lowest BCUT2D eigenvalue weighted by atomic mass is 10.2. The van der Waals surface area contributed by atoms with Crippen LogP contribution in [0.3, 0.4) is 0 Å². The van der Waals surface area contributed by atoms with Crippen molar-refractivity contribution < 1.29 is 0 Å². The standard InChI is InChI=1S/C13H19N5/c1-9-10(2)16-11(3)17-13(9)18(4)6-5-12-7-14-8-15-12/h7-8H,5-6H2,1-4H3,(H,14,15). The number of imidazole rings is 1. The van der Waals surface area contributed by atoms with Gasteiger partial charge in [0.25, 0.3) is 0 Å². The third kappa shape index (κ3) is 2.67. The molecule has 0 spiro atoms. The van der Waals surface area contributed by atoms with E-state index in [2.05, 4.69) is 38.8 Å². The molecule has 0 aliphatic rings. The fourth-order valence-corrected chi connectivity index (χ4v) is 1.94. The first-order valence-electron chi connectivity index (χ1n) is 6.08. The Labute approximate surface area is 107 Å². The molecule has 5 nitrogen and oxygen atoms in total. The molecule has 0 aliphatic heterocycles. The summed E-state index contributed by atoms with van der Waals surface area (Å²) < 4.78 is 0. The van der Waals surface area contributed by atoms with Gasteiger partial charge >= 0.3 is 0 Å². The van der Waals surface area contributed by atoms with Gasteiger partial charge in [-0.3, -0.25) is 0 Å². The first-order valence-corrected chi connectivity index (χ1v) is 6.08. The van der Waals surface area contributed by atoms with Crippen molar-refractivity contribution in [2.75, 3.05) is 18.5 Å². The van der Waals surface area contributed by atoms with Gasteiger partial charge in [-0.25, -0.2) is 15.0 Å². The van der Waals surface area contributed by atoms with E-state index in [0.717, 1.165) is 41.6 Å². The number of aromatic amines is 1. The highest BCUT2D eigenvalue weighted by molar-refractivity contribution is 5.47. The smallest absolute Gasteiger partial charge is 0.135 e. The second-order valence-electron chi connectivity index (χ2n) is 4.55. The van der Waals surface area contributed by atoms with Crippen molar-refractivity contribution in [2.45, 2.75) is 27.2 Å². The maximum Gasteiger partial charge on any atom is 0.135 e. The summed E-state index contributed by atoms with van der Waals surface area (Å²) in [6.45, 7) is 6.92. The number of hydrogen-bond donors (Lipinski definition) is 1. The first kappa shape index (κ1) is 12.5.